The standard InChI is InChI=1S/C20H25N5OS/c1-23(19(26)21-12-18-15-25-10-11-27-20(25)22-18)13-16-6-2-3-7-17(16)14-24-8-4-5-9-24/h2-3,6-7,10-11,15H,4-5,8-9,12-14H2,1H3,(H,21,26). The Morgan fingerprint density at radius 2 is 2.04 bits per heavy atom. The van der Waals surface area contributed by atoms with Crippen molar-refractivity contribution >= 4 is 22.3 Å². The van der Waals surface area contributed by atoms with Crippen LogP contribution in [0.15, 0.2) is 42.0 Å². The molecule has 0 atom stereocenters. The smallest absolute Gasteiger partial charge is 0.317 e. The van der Waals surface area contributed by atoms with Gasteiger partial charge in [-0.2, -0.15) is 0 Å². The number of nitrogens with one attached hydrogen (secondary N) is 1. The molecule has 0 saturated carbocycles. The fraction of sp³-hybridized carbons (Fsp3) is 0.400. The molecule has 27 heavy (non-hydrogen) atoms. The lowest BCUT2D eigenvalue weighted by Crippen LogP contribution is -2.36. The molecule has 2 aromatic heterocycles. The van der Waals surface area contributed by atoms with Crippen LogP contribution in [0, 0.1) is 0 Å². The molecule has 6 nitrogen and oxygen atoms in total. The first-order chi connectivity index (χ1) is 13.2. The molecule has 0 bridgehead atoms. The van der Waals surface area contributed by atoms with E-state index < -0.39 is 0 Å². The molecular formula is C20H25N5OS. The zero-order valence-corrected chi connectivity index (χ0v) is 16.4. The summed E-state index contributed by atoms with van der Waals surface area (Å²) in [5.41, 5.74) is 3.40. The summed E-state index contributed by atoms with van der Waals surface area (Å²) in [6.45, 7) is 4.36. The molecule has 1 aliphatic rings. The number of hydrogen-bond acceptors (Lipinski definition) is 4. The molecule has 1 aliphatic heterocycles. The summed E-state index contributed by atoms with van der Waals surface area (Å²) >= 11 is 1.59. The minimum absolute atomic E-state index is 0.0812. The lowest BCUT2D eigenvalue weighted by Gasteiger charge is -2.22. The number of urea groups is 1. The Bertz CT molecular complexity index is 883. The maximum Gasteiger partial charge on any atom is 0.317 e. The first-order valence-electron chi connectivity index (χ1n) is 9.38. The molecule has 0 unspecified atom stereocenters. The van der Waals surface area contributed by atoms with Crippen molar-refractivity contribution in [2.75, 3.05) is 20.1 Å². The molecule has 3 aromatic rings. The van der Waals surface area contributed by atoms with Gasteiger partial charge in [0.05, 0.1) is 12.2 Å². The third-order valence-electron chi connectivity index (χ3n) is 5.03. The van der Waals surface area contributed by atoms with Gasteiger partial charge in [-0.3, -0.25) is 9.30 Å². The summed E-state index contributed by atoms with van der Waals surface area (Å²) in [5, 5.41) is 4.97. The second-order valence-corrected chi connectivity index (χ2v) is 7.96. The number of nitrogens with zero attached hydrogens (tertiary/aromatic N) is 4. The van der Waals surface area contributed by atoms with Crippen molar-refractivity contribution < 1.29 is 4.79 Å². The molecule has 1 saturated heterocycles. The fourth-order valence-electron chi connectivity index (χ4n) is 3.54. The van der Waals surface area contributed by atoms with Gasteiger partial charge >= 0.3 is 6.03 Å². The van der Waals surface area contributed by atoms with Crippen molar-refractivity contribution in [3.8, 4) is 0 Å². The largest absolute Gasteiger partial charge is 0.332 e. The predicted molar refractivity (Wildman–Crippen MR) is 108 cm³/mol. The van der Waals surface area contributed by atoms with Gasteiger partial charge in [0.15, 0.2) is 4.96 Å². The maximum absolute atomic E-state index is 12.5. The van der Waals surface area contributed by atoms with Crippen LogP contribution < -0.4 is 5.32 Å². The van der Waals surface area contributed by atoms with E-state index in [2.05, 4.69) is 33.4 Å². The van der Waals surface area contributed by atoms with Gasteiger partial charge in [-0.15, -0.1) is 11.3 Å². The van der Waals surface area contributed by atoms with Crippen molar-refractivity contribution in [2.45, 2.75) is 32.5 Å². The molecule has 4 rings (SSSR count). The SMILES string of the molecule is CN(Cc1ccccc1CN1CCCC1)C(=O)NCc1cn2ccsc2n1. The number of fused-ring (bicyclic) bond motifs is 1. The minimum Gasteiger partial charge on any atom is -0.332 e. The molecule has 1 aromatic carbocycles. The molecule has 3 heterocycles. The van der Waals surface area contributed by atoms with Gasteiger partial charge in [0.25, 0.3) is 0 Å². The monoisotopic (exact) mass is 383 g/mol. The van der Waals surface area contributed by atoms with E-state index in [0.717, 1.165) is 17.2 Å². The van der Waals surface area contributed by atoms with Crippen LogP contribution in [0.1, 0.15) is 29.7 Å². The van der Waals surface area contributed by atoms with E-state index >= 15 is 0 Å². The number of thiazole rings is 1. The summed E-state index contributed by atoms with van der Waals surface area (Å²) in [6, 6.07) is 8.35. The second-order valence-electron chi connectivity index (χ2n) is 7.09. The molecule has 0 spiro atoms. The van der Waals surface area contributed by atoms with E-state index in [9.17, 15) is 4.79 Å². The summed E-state index contributed by atoms with van der Waals surface area (Å²) in [7, 11) is 1.84. The van der Waals surface area contributed by atoms with E-state index in [0.29, 0.717) is 13.1 Å². The number of amides is 2. The normalized spacial score (nSPS) is 14.7. The van der Waals surface area contributed by atoms with Crippen molar-refractivity contribution in [3.63, 3.8) is 0 Å². The molecule has 1 fully saturated rings. The number of aromatic nitrogens is 2. The number of carbonyl (C=O) groups is 1. The highest BCUT2D eigenvalue weighted by Crippen LogP contribution is 2.17. The van der Waals surface area contributed by atoms with Gasteiger partial charge in [-0.1, -0.05) is 24.3 Å². The molecule has 142 valence electrons. The van der Waals surface area contributed by atoms with Crippen LogP contribution >= 0.6 is 11.3 Å². The first kappa shape index (κ1) is 18.0. The third kappa shape index (κ3) is 4.31. The van der Waals surface area contributed by atoms with Gasteiger partial charge in [0, 0.05) is 37.9 Å². The van der Waals surface area contributed by atoms with E-state index in [1.807, 2.05) is 35.3 Å². The van der Waals surface area contributed by atoms with Crippen molar-refractivity contribution in [1.82, 2.24) is 24.5 Å². The van der Waals surface area contributed by atoms with Crippen LogP contribution in [0.4, 0.5) is 4.79 Å². The second kappa shape index (κ2) is 8.10. The number of imidazole rings is 1. The highest BCUT2D eigenvalue weighted by molar-refractivity contribution is 7.15. The molecule has 2 amide bonds. The molecule has 1 N–H and O–H groups in total. The lowest BCUT2D eigenvalue weighted by atomic mass is 10.1. The summed E-state index contributed by atoms with van der Waals surface area (Å²) < 4.78 is 1.98. The Hall–Kier alpha value is -2.38. The van der Waals surface area contributed by atoms with Crippen LogP contribution in [0.25, 0.3) is 4.96 Å². The van der Waals surface area contributed by atoms with Crippen LogP contribution in [0.5, 0.6) is 0 Å². The Kier molecular flexibility index (Phi) is 5.40. The molecular weight excluding hydrogens is 358 g/mol. The Morgan fingerprint density at radius 1 is 1.26 bits per heavy atom. The van der Waals surface area contributed by atoms with Crippen LogP contribution in [-0.4, -0.2) is 45.4 Å². The number of rotatable bonds is 6. The van der Waals surface area contributed by atoms with Crippen LogP contribution in [0.2, 0.25) is 0 Å². The number of hydrogen-bond donors (Lipinski definition) is 1. The van der Waals surface area contributed by atoms with Gasteiger partial charge in [-0.05, 0) is 37.1 Å². The van der Waals surface area contributed by atoms with Crippen molar-refractivity contribution in [2.24, 2.45) is 0 Å². The number of carbonyl (C=O) groups excluding carboxylic acids is 1. The van der Waals surface area contributed by atoms with Crippen LogP contribution in [0.3, 0.4) is 0 Å². The fourth-order valence-corrected chi connectivity index (χ4v) is 4.26. The topological polar surface area (TPSA) is 52.9 Å². The number of benzene rings is 1. The van der Waals surface area contributed by atoms with Crippen LogP contribution in [-0.2, 0) is 19.6 Å². The third-order valence-corrected chi connectivity index (χ3v) is 5.80. The van der Waals surface area contributed by atoms with Crippen molar-refractivity contribution in [3.05, 3.63) is 58.9 Å². The summed E-state index contributed by atoms with van der Waals surface area (Å²) in [4.78, 5) is 22.2. The average Bonchev–Trinajstić information content (AvgIpc) is 3.38. The molecule has 7 heteroatoms. The lowest BCUT2D eigenvalue weighted by molar-refractivity contribution is 0.206. The van der Waals surface area contributed by atoms with Gasteiger partial charge < -0.3 is 10.2 Å². The van der Waals surface area contributed by atoms with Crippen molar-refractivity contribution in [1.29, 1.82) is 0 Å². The highest BCUT2D eigenvalue weighted by atomic mass is 32.1. The summed E-state index contributed by atoms with van der Waals surface area (Å²) in [5.74, 6) is 0. The van der Waals surface area contributed by atoms with E-state index in [1.54, 1.807) is 16.2 Å². The molecule has 0 radical (unpaired) electrons. The zero-order valence-electron chi connectivity index (χ0n) is 15.6. The molecule has 0 aliphatic carbocycles. The zero-order chi connectivity index (χ0) is 18.6. The predicted octanol–water partition coefficient (Wildman–Crippen LogP) is 3.33. The number of likely N-dealkylation sites (tertiary alicyclic amines) is 1. The highest BCUT2D eigenvalue weighted by Gasteiger charge is 2.16. The summed E-state index contributed by atoms with van der Waals surface area (Å²) in [6.07, 6.45) is 6.51. The first-order valence-corrected chi connectivity index (χ1v) is 10.3. The minimum atomic E-state index is -0.0812. The maximum atomic E-state index is 12.5. The van der Waals surface area contributed by atoms with Gasteiger partial charge in [-0.25, -0.2) is 9.78 Å². The van der Waals surface area contributed by atoms with E-state index in [4.69, 9.17) is 0 Å². The Morgan fingerprint density at radius 3 is 2.81 bits per heavy atom. The van der Waals surface area contributed by atoms with Gasteiger partial charge in [0.1, 0.15) is 0 Å². The Balaban J connectivity index is 1.34. The average molecular weight is 384 g/mol. The Labute approximate surface area is 163 Å². The quantitative estimate of drug-likeness (QED) is 0.710. The van der Waals surface area contributed by atoms with E-state index in [1.165, 1.54) is 37.1 Å². The van der Waals surface area contributed by atoms with Gasteiger partial charge in [0.2, 0.25) is 0 Å². The van der Waals surface area contributed by atoms with E-state index in [-0.39, 0.29) is 6.03 Å².